The van der Waals surface area contributed by atoms with Crippen LogP contribution in [0.5, 0.6) is 0 Å². The largest absolute Gasteiger partial charge is 0.450 e. The fraction of sp³-hybridized carbons (Fsp3) is 0.471. The molecule has 0 bridgehead atoms. The van der Waals surface area contributed by atoms with Crippen LogP contribution in [0.3, 0.4) is 0 Å². The summed E-state index contributed by atoms with van der Waals surface area (Å²) in [4.78, 5) is 40.8. The van der Waals surface area contributed by atoms with Crippen LogP contribution in [0.4, 0.5) is 10.5 Å². The van der Waals surface area contributed by atoms with E-state index >= 15 is 0 Å². The summed E-state index contributed by atoms with van der Waals surface area (Å²) in [5.41, 5.74) is 0.509. The maximum atomic E-state index is 12.6. The molecule has 0 N–H and O–H groups in total. The molecule has 0 saturated carbocycles. The van der Waals surface area contributed by atoms with Gasteiger partial charge in [0.1, 0.15) is 6.54 Å². The zero-order valence-corrected chi connectivity index (χ0v) is 15.2. The number of hydrogen-bond donors (Lipinski definition) is 0. The van der Waals surface area contributed by atoms with Crippen molar-refractivity contribution in [2.24, 2.45) is 0 Å². The third kappa shape index (κ3) is 4.85. The Hall–Kier alpha value is -2.28. The molecule has 0 spiro atoms. The van der Waals surface area contributed by atoms with Gasteiger partial charge in [0.05, 0.1) is 17.3 Å². The van der Waals surface area contributed by atoms with E-state index in [1.54, 1.807) is 41.0 Å². The molecule has 1 fully saturated rings. The first kappa shape index (κ1) is 19.1. The molecule has 2 rings (SSSR count). The van der Waals surface area contributed by atoms with Crippen molar-refractivity contribution in [2.75, 3.05) is 44.2 Å². The van der Waals surface area contributed by atoms with Gasteiger partial charge in [0.25, 0.3) is 0 Å². The van der Waals surface area contributed by atoms with Crippen LogP contribution in [0.15, 0.2) is 24.3 Å². The normalized spacial score (nSPS) is 14.2. The smallest absolute Gasteiger partial charge is 0.409 e. The molecule has 0 radical (unpaired) electrons. The highest BCUT2D eigenvalue weighted by atomic mass is 35.5. The van der Waals surface area contributed by atoms with Crippen LogP contribution in [0.25, 0.3) is 0 Å². The van der Waals surface area contributed by atoms with Crippen molar-refractivity contribution in [1.29, 1.82) is 0 Å². The Labute approximate surface area is 152 Å². The average molecular weight is 368 g/mol. The summed E-state index contributed by atoms with van der Waals surface area (Å²) in [5.74, 6) is -0.440. The monoisotopic (exact) mass is 367 g/mol. The molecule has 136 valence electrons. The number of hydrogen-bond acceptors (Lipinski definition) is 4. The second-order valence-corrected chi connectivity index (χ2v) is 6.03. The van der Waals surface area contributed by atoms with Gasteiger partial charge < -0.3 is 19.4 Å². The number of carbonyl (C=O) groups excluding carboxylic acids is 3. The Morgan fingerprint density at radius 1 is 1.12 bits per heavy atom. The van der Waals surface area contributed by atoms with E-state index in [-0.39, 0.29) is 24.5 Å². The van der Waals surface area contributed by atoms with E-state index < -0.39 is 0 Å². The Kier molecular flexibility index (Phi) is 6.64. The van der Waals surface area contributed by atoms with Crippen LogP contribution in [0, 0.1) is 0 Å². The quantitative estimate of drug-likeness (QED) is 0.816. The van der Waals surface area contributed by atoms with Gasteiger partial charge in [-0.1, -0.05) is 23.7 Å². The first-order valence-corrected chi connectivity index (χ1v) is 8.54. The van der Waals surface area contributed by atoms with Crippen molar-refractivity contribution in [3.63, 3.8) is 0 Å². The first-order chi connectivity index (χ1) is 11.9. The van der Waals surface area contributed by atoms with Gasteiger partial charge in [-0.25, -0.2) is 4.79 Å². The predicted octanol–water partition coefficient (Wildman–Crippen LogP) is 1.99. The van der Waals surface area contributed by atoms with Crippen LogP contribution in [0.1, 0.15) is 13.8 Å². The van der Waals surface area contributed by atoms with Crippen LogP contribution in [-0.4, -0.2) is 67.0 Å². The van der Waals surface area contributed by atoms with E-state index in [0.717, 1.165) is 0 Å². The molecule has 1 saturated heterocycles. The highest BCUT2D eigenvalue weighted by Gasteiger charge is 2.27. The van der Waals surface area contributed by atoms with Crippen molar-refractivity contribution in [3.05, 3.63) is 29.3 Å². The number of anilines is 1. The van der Waals surface area contributed by atoms with Gasteiger partial charge >= 0.3 is 6.09 Å². The van der Waals surface area contributed by atoms with Crippen LogP contribution in [0.2, 0.25) is 5.02 Å². The maximum absolute atomic E-state index is 12.6. The minimum absolute atomic E-state index is 0.0848. The van der Waals surface area contributed by atoms with Gasteiger partial charge in [0.15, 0.2) is 0 Å². The van der Waals surface area contributed by atoms with Crippen molar-refractivity contribution in [1.82, 2.24) is 9.80 Å². The number of amides is 3. The minimum Gasteiger partial charge on any atom is -0.450 e. The predicted molar refractivity (Wildman–Crippen MR) is 94.7 cm³/mol. The van der Waals surface area contributed by atoms with E-state index in [0.29, 0.717) is 43.5 Å². The summed E-state index contributed by atoms with van der Waals surface area (Å²) in [6.45, 7) is 5.03. The highest BCUT2D eigenvalue weighted by Crippen LogP contribution is 2.25. The Bertz CT molecular complexity index is 645. The van der Waals surface area contributed by atoms with E-state index in [1.165, 1.54) is 11.8 Å². The number of nitrogens with zero attached hydrogens (tertiary/aromatic N) is 3. The molecule has 1 heterocycles. The molecular formula is C17H22ClN3O4. The standard InChI is InChI=1S/C17H22ClN3O4/c1-3-25-17(24)20-10-8-19(9-11-20)16(23)12-21(13(2)22)15-7-5-4-6-14(15)18/h4-7H,3,8-12H2,1-2H3. The zero-order valence-electron chi connectivity index (χ0n) is 14.4. The lowest BCUT2D eigenvalue weighted by Crippen LogP contribution is -2.53. The molecule has 0 unspecified atom stereocenters. The number of para-hydroxylation sites is 1. The molecule has 1 aliphatic rings. The lowest BCUT2D eigenvalue weighted by Gasteiger charge is -2.35. The van der Waals surface area contributed by atoms with Gasteiger partial charge in [-0.15, -0.1) is 0 Å². The Morgan fingerprint density at radius 3 is 2.28 bits per heavy atom. The van der Waals surface area contributed by atoms with Gasteiger partial charge in [0, 0.05) is 33.1 Å². The summed E-state index contributed by atoms with van der Waals surface area (Å²) in [6, 6.07) is 6.91. The van der Waals surface area contributed by atoms with Crippen molar-refractivity contribution in [2.45, 2.75) is 13.8 Å². The molecule has 25 heavy (non-hydrogen) atoms. The van der Waals surface area contributed by atoms with Crippen molar-refractivity contribution >= 4 is 35.2 Å². The second-order valence-electron chi connectivity index (χ2n) is 5.62. The number of benzene rings is 1. The van der Waals surface area contributed by atoms with E-state index in [2.05, 4.69) is 0 Å². The van der Waals surface area contributed by atoms with E-state index in [9.17, 15) is 14.4 Å². The minimum atomic E-state index is -0.365. The summed E-state index contributed by atoms with van der Waals surface area (Å²) in [5, 5.41) is 0.414. The number of halogens is 1. The van der Waals surface area contributed by atoms with Gasteiger partial charge in [-0.2, -0.15) is 0 Å². The topological polar surface area (TPSA) is 70.2 Å². The van der Waals surface area contributed by atoms with Crippen molar-refractivity contribution in [3.8, 4) is 0 Å². The van der Waals surface area contributed by atoms with Crippen LogP contribution < -0.4 is 4.90 Å². The first-order valence-electron chi connectivity index (χ1n) is 8.16. The molecule has 8 heteroatoms. The second kappa shape index (κ2) is 8.71. The third-order valence-corrected chi connectivity index (χ3v) is 4.29. The fourth-order valence-electron chi connectivity index (χ4n) is 2.63. The van der Waals surface area contributed by atoms with Gasteiger partial charge in [-0.05, 0) is 19.1 Å². The lowest BCUT2D eigenvalue weighted by atomic mass is 10.2. The Morgan fingerprint density at radius 2 is 1.72 bits per heavy atom. The Balaban J connectivity index is 1.98. The van der Waals surface area contributed by atoms with Crippen molar-refractivity contribution < 1.29 is 19.1 Å². The molecule has 1 aliphatic heterocycles. The fourth-order valence-corrected chi connectivity index (χ4v) is 2.86. The summed E-state index contributed by atoms with van der Waals surface area (Å²) in [7, 11) is 0. The number of ether oxygens (including phenoxy) is 1. The highest BCUT2D eigenvalue weighted by molar-refractivity contribution is 6.33. The molecule has 3 amide bonds. The zero-order chi connectivity index (χ0) is 18.4. The number of carbonyl (C=O) groups is 3. The molecular weight excluding hydrogens is 346 g/mol. The summed E-state index contributed by atoms with van der Waals surface area (Å²) < 4.78 is 4.96. The van der Waals surface area contributed by atoms with Gasteiger partial charge in [0.2, 0.25) is 11.8 Å². The SMILES string of the molecule is CCOC(=O)N1CCN(C(=O)CN(C(C)=O)c2ccccc2Cl)CC1. The van der Waals surface area contributed by atoms with Crippen LogP contribution in [-0.2, 0) is 14.3 Å². The molecule has 0 atom stereocenters. The van der Waals surface area contributed by atoms with E-state index in [1.807, 2.05) is 0 Å². The summed E-state index contributed by atoms with van der Waals surface area (Å²) >= 11 is 6.14. The number of rotatable bonds is 4. The van der Waals surface area contributed by atoms with E-state index in [4.69, 9.17) is 16.3 Å². The molecule has 0 aromatic heterocycles. The number of piperazine rings is 1. The molecule has 1 aromatic rings. The molecule has 1 aromatic carbocycles. The average Bonchev–Trinajstić information content (AvgIpc) is 2.60. The van der Waals surface area contributed by atoms with Crippen LogP contribution >= 0.6 is 11.6 Å². The lowest BCUT2D eigenvalue weighted by molar-refractivity contribution is -0.132. The maximum Gasteiger partial charge on any atom is 0.409 e. The third-order valence-electron chi connectivity index (χ3n) is 3.98. The molecule has 0 aliphatic carbocycles. The molecule has 7 nitrogen and oxygen atoms in total. The summed E-state index contributed by atoms with van der Waals surface area (Å²) in [6.07, 6.45) is -0.365. The van der Waals surface area contributed by atoms with Gasteiger partial charge in [-0.3, -0.25) is 9.59 Å².